The molecule has 0 N–H and O–H groups in total. The van der Waals surface area contributed by atoms with Crippen molar-refractivity contribution in [3.63, 3.8) is 0 Å². The molecular formula is C34H33FNO+. The number of benzene rings is 3. The third-order valence-corrected chi connectivity index (χ3v) is 9.08. The third kappa shape index (κ3) is 3.54. The van der Waals surface area contributed by atoms with Gasteiger partial charge in [0.05, 0.1) is 11.1 Å². The van der Waals surface area contributed by atoms with Crippen LogP contribution in [0.2, 0.25) is 0 Å². The van der Waals surface area contributed by atoms with E-state index in [0.717, 1.165) is 51.1 Å². The summed E-state index contributed by atoms with van der Waals surface area (Å²) in [6, 6.07) is 20.5. The van der Waals surface area contributed by atoms with Gasteiger partial charge in [-0.1, -0.05) is 49.6 Å². The number of hydrogen-bond acceptors (Lipinski definition) is 1. The van der Waals surface area contributed by atoms with Crippen LogP contribution in [-0.4, -0.2) is 0 Å². The average Bonchev–Trinajstić information content (AvgIpc) is 3.52. The van der Waals surface area contributed by atoms with E-state index in [0.29, 0.717) is 17.1 Å². The van der Waals surface area contributed by atoms with Crippen molar-refractivity contribution in [1.29, 1.82) is 0 Å². The second-order valence-electron chi connectivity index (χ2n) is 11.1. The van der Waals surface area contributed by atoms with Crippen LogP contribution in [0.5, 0.6) is 0 Å². The van der Waals surface area contributed by atoms with Crippen LogP contribution in [0.4, 0.5) is 4.39 Å². The minimum Gasteiger partial charge on any atom is -0.454 e. The van der Waals surface area contributed by atoms with Crippen LogP contribution in [-0.2, 0) is 13.5 Å². The summed E-state index contributed by atoms with van der Waals surface area (Å²) in [5, 5.41) is 2.01. The van der Waals surface area contributed by atoms with E-state index in [2.05, 4.69) is 67.2 Å². The number of halogens is 1. The van der Waals surface area contributed by atoms with Crippen molar-refractivity contribution >= 4 is 21.9 Å². The fourth-order valence-corrected chi connectivity index (χ4v) is 7.28. The Bertz CT molecular complexity index is 1660. The first-order chi connectivity index (χ1) is 18.1. The smallest absolute Gasteiger partial charge is 0.216 e. The van der Waals surface area contributed by atoms with E-state index in [1.165, 1.54) is 49.7 Å². The second-order valence-corrected chi connectivity index (χ2v) is 11.1. The maximum atomic E-state index is 15.8. The Morgan fingerprint density at radius 3 is 2.41 bits per heavy atom. The molecule has 2 nitrogen and oxygen atoms in total. The Kier molecular flexibility index (Phi) is 5.42. The first kappa shape index (κ1) is 22.7. The number of furan rings is 1. The van der Waals surface area contributed by atoms with Crippen molar-refractivity contribution in [1.82, 2.24) is 0 Å². The molecule has 5 aromatic rings. The van der Waals surface area contributed by atoms with Crippen LogP contribution in [0.25, 0.3) is 44.3 Å². The first-order valence-corrected chi connectivity index (χ1v) is 13.8. The molecule has 2 heterocycles. The lowest BCUT2D eigenvalue weighted by atomic mass is 9.77. The topological polar surface area (TPSA) is 17.0 Å². The molecule has 0 radical (unpaired) electrons. The van der Waals surface area contributed by atoms with Crippen molar-refractivity contribution in [2.45, 2.75) is 57.8 Å². The summed E-state index contributed by atoms with van der Waals surface area (Å²) in [7, 11) is 2.05. The van der Waals surface area contributed by atoms with Crippen molar-refractivity contribution in [3.8, 4) is 22.4 Å². The number of rotatable bonds is 3. The SMILES string of the molecule is Cc1ccc2c(oc3c(-c4cccc5c4CCC5C4CCCCC4)c(F)ccc32)c1-c1cccc[n+]1C. The fourth-order valence-electron chi connectivity index (χ4n) is 7.28. The normalized spacial score (nSPS) is 18.1. The van der Waals surface area contributed by atoms with Crippen LogP contribution in [0.3, 0.4) is 0 Å². The van der Waals surface area contributed by atoms with Gasteiger partial charge in [-0.25, -0.2) is 8.96 Å². The highest BCUT2D eigenvalue weighted by atomic mass is 19.1. The molecule has 186 valence electrons. The molecule has 2 aliphatic rings. The first-order valence-electron chi connectivity index (χ1n) is 13.8. The number of fused-ring (bicyclic) bond motifs is 4. The van der Waals surface area contributed by atoms with E-state index in [1.807, 2.05) is 12.1 Å². The number of aryl methyl sites for hydroxylation is 2. The van der Waals surface area contributed by atoms with Gasteiger partial charge >= 0.3 is 0 Å². The van der Waals surface area contributed by atoms with E-state index in [1.54, 1.807) is 6.07 Å². The molecule has 3 aromatic carbocycles. The van der Waals surface area contributed by atoms with Crippen molar-refractivity contribution < 1.29 is 13.4 Å². The predicted octanol–water partition coefficient (Wildman–Crippen LogP) is 8.80. The molecule has 3 heteroatoms. The van der Waals surface area contributed by atoms with Crippen LogP contribution < -0.4 is 4.57 Å². The fraction of sp³-hybridized carbons (Fsp3) is 0.324. The summed E-state index contributed by atoms with van der Waals surface area (Å²) in [5.41, 5.74) is 9.21. The monoisotopic (exact) mass is 490 g/mol. The zero-order valence-corrected chi connectivity index (χ0v) is 21.7. The summed E-state index contributed by atoms with van der Waals surface area (Å²) in [6.07, 6.45) is 11.0. The lowest BCUT2D eigenvalue weighted by Crippen LogP contribution is -2.30. The van der Waals surface area contributed by atoms with Crippen LogP contribution in [0, 0.1) is 18.7 Å². The molecule has 2 aliphatic carbocycles. The highest BCUT2D eigenvalue weighted by Crippen LogP contribution is 2.49. The number of aromatic nitrogens is 1. The Balaban J connectivity index is 1.45. The number of nitrogens with zero attached hydrogens (tertiary/aromatic N) is 1. The molecule has 0 saturated heterocycles. The van der Waals surface area contributed by atoms with Crippen LogP contribution >= 0.6 is 0 Å². The molecule has 1 saturated carbocycles. The zero-order chi connectivity index (χ0) is 25.1. The Morgan fingerprint density at radius 2 is 1.59 bits per heavy atom. The number of hydrogen-bond donors (Lipinski definition) is 0. The molecule has 0 spiro atoms. The summed E-state index contributed by atoms with van der Waals surface area (Å²) in [4.78, 5) is 0. The lowest BCUT2D eigenvalue weighted by molar-refractivity contribution is -0.660. The maximum Gasteiger partial charge on any atom is 0.216 e. The molecule has 2 aromatic heterocycles. The molecule has 7 rings (SSSR count). The van der Waals surface area contributed by atoms with Crippen LogP contribution in [0.15, 0.2) is 71.3 Å². The summed E-state index contributed by atoms with van der Waals surface area (Å²) >= 11 is 0. The molecule has 0 bridgehead atoms. The lowest BCUT2D eigenvalue weighted by Gasteiger charge is -2.28. The van der Waals surface area contributed by atoms with Gasteiger partial charge in [0, 0.05) is 22.9 Å². The molecule has 1 fully saturated rings. The van der Waals surface area contributed by atoms with E-state index in [4.69, 9.17) is 4.42 Å². The average molecular weight is 491 g/mol. The second kappa shape index (κ2) is 8.83. The molecule has 0 aliphatic heterocycles. The summed E-state index contributed by atoms with van der Waals surface area (Å²) in [6.45, 7) is 2.12. The third-order valence-electron chi connectivity index (χ3n) is 9.08. The summed E-state index contributed by atoms with van der Waals surface area (Å²) in [5.74, 6) is 1.18. The van der Waals surface area contributed by atoms with E-state index < -0.39 is 0 Å². The maximum absolute atomic E-state index is 15.8. The van der Waals surface area contributed by atoms with Crippen LogP contribution in [0.1, 0.15) is 61.1 Å². The van der Waals surface area contributed by atoms with Crippen molar-refractivity contribution in [2.24, 2.45) is 13.0 Å². The summed E-state index contributed by atoms with van der Waals surface area (Å²) < 4.78 is 24.6. The van der Waals surface area contributed by atoms with Crippen molar-refractivity contribution in [2.75, 3.05) is 0 Å². The van der Waals surface area contributed by atoms with E-state index in [9.17, 15) is 0 Å². The van der Waals surface area contributed by atoms with E-state index in [-0.39, 0.29) is 5.82 Å². The minimum absolute atomic E-state index is 0.204. The van der Waals surface area contributed by atoms with Gasteiger partial charge in [0.15, 0.2) is 6.20 Å². The van der Waals surface area contributed by atoms with Gasteiger partial charge in [-0.2, -0.15) is 0 Å². The van der Waals surface area contributed by atoms with Gasteiger partial charge in [-0.05, 0) is 84.9 Å². The predicted molar refractivity (Wildman–Crippen MR) is 148 cm³/mol. The highest BCUT2D eigenvalue weighted by molar-refractivity contribution is 6.13. The molecule has 37 heavy (non-hydrogen) atoms. The van der Waals surface area contributed by atoms with Gasteiger partial charge in [-0.15, -0.1) is 0 Å². The molecule has 0 amide bonds. The highest BCUT2D eigenvalue weighted by Gasteiger charge is 2.33. The molecular weight excluding hydrogens is 457 g/mol. The van der Waals surface area contributed by atoms with Crippen molar-refractivity contribution in [3.05, 3.63) is 89.4 Å². The van der Waals surface area contributed by atoms with Gasteiger partial charge in [0.2, 0.25) is 5.69 Å². The standard InChI is InChI=1S/C34H33FNO/c1-21-14-15-27-28-18-19-29(35)32(34(28)37-33(27)31(21)30-13-6-7-20-36(30)2)26-12-8-11-24-23(16-17-25(24)26)22-9-4-3-5-10-22/h6-8,11-15,18-20,22-23H,3-5,9-10,16-17H2,1-2H3/q+1. The Morgan fingerprint density at radius 1 is 0.811 bits per heavy atom. The quantitative estimate of drug-likeness (QED) is 0.231. The van der Waals surface area contributed by atoms with E-state index >= 15 is 4.39 Å². The largest absolute Gasteiger partial charge is 0.454 e. The molecule has 1 atom stereocenters. The van der Waals surface area contributed by atoms with Gasteiger partial charge < -0.3 is 4.42 Å². The Hall–Kier alpha value is -3.46. The van der Waals surface area contributed by atoms with Gasteiger partial charge in [0.1, 0.15) is 24.0 Å². The zero-order valence-electron chi connectivity index (χ0n) is 21.7. The Labute approximate surface area is 217 Å². The molecule has 1 unspecified atom stereocenters. The minimum atomic E-state index is -0.204. The van der Waals surface area contributed by atoms with Gasteiger partial charge in [0.25, 0.3) is 0 Å². The van der Waals surface area contributed by atoms with Gasteiger partial charge in [-0.3, -0.25) is 0 Å². The number of pyridine rings is 1.